The first-order valence-corrected chi connectivity index (χ1v) is 7.92. The highest BCUT2D eigenvalue weighted by Gasteiger charge is 2.13. The molecule has 0 aliphatic heterocycles. The molecule has 1 heterocycles. The first-order valence-electron chi connectivity index (χ1n) is 6.94. The molecule has 1 unspecified atom stereocenters. The van der Waals surface area contributed by atoms with Crippen LogP contribution in [-0.2, 0) is 13.0 Å². The van der Waals surface area contributed by atoms with Gasteiger partial charge in [0.2, 0.25) is 0 Å². The molecule has 0 amide bonds. The maximum absolute atomic E-state index is 13.1. The van der Waals surface area contributed by atoms with Gasteiger partial charge in [0.15, 0.2) is 0 Å². The molecule has 5 nitrogen and oxygen atoms in total. The van der Waals surface area contributed by atoms with Crippen LogP contribution in [0.1, 0.15) is 19.2 Å². The van der Waals surface area contributed by atoms with Gasteiger partial charge in [0.05, 0.1) is 0 Å². The number of rotatable bonds is 8. The lowest BCUT2D eigenvalue weighted by Crippen LogP contribution is -2.39. The molecule has 2 aromatic rings. The van der Waals surface area contributed by atoms with E-state index in [1.807, 2.05) is 10.7 Å². The molecular weight excluding hydrogens is 289 g/mol. The Morgan fingerprint density at radius 3 is 3.05 bits per heavy atom. The van der Waals surface area contributed by atoms with Gasteiger partial charge in [-0.15, -0.1) is 11.8 Å². The molecule has 3 N–H and O–H groups in total. The van der Waals surface area contributed by atoms with E-state index >= 15 is 0 Å². The highest BCUT2D eigenvalue weighted by atomic mass is 32.2. The number of aromatic nitrogens is 3. The van der Waals surface area contributed by atoms with Crippen LogP contribution in [0.4, 0.5) is 4.39 Å². The van der Waals surface area contributed by atoms with E-state index in [1.54, 1.807) is 24.2 Å². The van der Waals surface area contributed by atoms with Gasteiger partial charge < -0.3 is 0 Å². The van der Waals surface area contributed by atoms with E-state index in [0.717, 1.165) is 29.4 Å². The number of hydrazine groups is 1. The molecule has 0 spiro atoms. The zero-order valence-electron chi connectivity index (χ0n) is 12.0. The van der Waals surface area contributed by atoms with Crippen molar-refractivity contribution >= 4 is 11.8 Å². The molecule has 21 heavy (non-hydrogen) atoms. The van der Waals surface area contributed by atoms with Gasteiger partial charge in [-0.1, -0.05) is 13.0 Å². The van der Waals surface area contributed by atoms with Crippen molar-refractivity contribution in [2.45, 2.75) is 37.2 Å². The average molecular weight is 309 g/mol. The average Bonchev–Trinajstić information content (AvgIpc) is 2.91. The van der Waals surface area contributed by atoms with Gasteiger partial charge in [-0.2, -0.15) is 5.10 Å². The third kappa shape index (κ3) is 4.80. The quantitative estimate of drug-likeness (QED) is 0.443. The zero-order valence-corrected chi connectivity index (χ0v) is 12.8. The van der Waals surface area contributed by atoms with E-state index in [2.05, 4.69) is 22.4 Å². The summed E-state index contributed by atoms with van der Waals surface area (Å²) in [6, 6.07) is 6.62. The van der Waals surface area contributed by atoms with Gasteiger partial charge in [0, 0.05) is 29.7 Å². The lowest BCUT2D eigenvalue weighted by molar-refractivity contribution is 0.513. The zero-order chi connectivity index (χ0) is 15.1. The molecular formula is C14H20FN5S. The molecule has 1 atom stereocenters. The van der Waals surface area contributed by atoms with Gasteiger partial charge in [0.1, 0.15) is 18.0 Å². The van der Waals surface area contributed by atoms with Gasteiger partial charge in [-0.05, 0) is 24.6 Å². The van der Waals surface area contributed by atoms with Crippen molar-refractivity contribution in [1.82, 2.24) is 20.2 Å². The Morgan fingerprint density at radius 2 is 2.33 bits per heavy atom. The maximum atomic E-state index is 13.1. The third-order valence-corrected chi connectivity index (χ3v) is 4.20. The van der Waals surface area contributed by atoms with Crippen LogP contribution in [0.2, 0.25) is 0 Å². The molecule has 2 rings (SSSR count). The summed E-state index contributed by atoms with van der Waals surface area (Å²) in [6.07, 6.45) is 3.27. The Hall–Kier alpha value is -1.44. The Morgan fingerprint density at radius 1 is 1.48 bits per heavy atom. The summed E-state index contributed by atoms with van der Waals surface area (Å²) in [5.41, 5.74) is 2.80. The van der Waals surface area contributed by atoms with Crippen molar-refractivity contribution in [3.05, 3.63) is 42.2 Å². The number of hydrogen-bond donors (Lipinski definition) is 2. The van der Waals surface area contributed by atoms with E-state index in [9.17, 15) is 4.39 Å². The predicted molar refractivity (Wildman–Crippen MR) is 82.3 cm³/mol. The van der Waals surface area contributed by atoms with Crippen molar-refractivity contribution in [2.24, 2.45) is 5.84 Å². The molecule has 114 valence electrons. The highest BCUT2D eigenvalue weighted by Crippen LogP contribution is 2.20. The molecule has 0 saturated heterocycles. The topological polar surface area (TPSA) is 68.8 Å². The van der Waals surface area contributed by atoms with Crippen LogP contribution in [0.25, 0.3) is 0 Å². The predicted octanol–water partition coefficient (Wildman–Crippen LogP) is 1.99. The number of hydrogen-bond acceptors (Lipinski definition) is 5. The van der Waals surface area contributed by atoms with Crippen LogP contribution in [-0.4, -0.2) is 26.6 Å². The van der Waals surface area contributed by atoms with Gasteiger partial charge >= 0.3 is 0 Å². The largest absolute Gasteiger partial charge is 0.271 e. The van der Waals surface area contributed by atoms with Crippen LogP contribution >= 0.6 is 11.8 Å². The number of halogens is 1. The molecule has 0 saturated carbocycles. The number of nitrogens with one attached hydrogen (secondary N) is 1. The number of nitrogens with two attached hydrogens (primary N) is 1. The highest BCUT2D eigenvalue weighted by molar-refractivity contribution is 7.99. The summed E-state index contributed by atoms with van der Waals surface area (Å²) >= 11 is 1.57. The monoisotopic (exact) mass is 309 g/mol. The van der Waals surface area contributed by atoms with E-state index in [1.165, 1.54) is 12.1 Å². The molecule has 0 fully saturated rings. The van der Waals surface area contributed by atoms with E-state index in [0.29, 0.717) is 6.42 Å². The lowest BCUT2D eigenvalue weighted by Gasteiger charge is -2.15. The minimum absolute atomic E-state index is 0.0538. The minimum atomic E-state index is -0.222. The van der Waals surface area contributed by atoms with Crippen molar-refractivity contribution in [2.75, 3.05) is 5.75 Å². The summed E-state index contributed by atoms with van der Waals surface area (Å²) in [7, 11) is 0. The van der Waals surface area contributed by atoms with Crippen LogP contribution in [0.15, 0.2) is 35.5 Å². The van der Waals surface area contributed by atoms with Crippen LogP contribution in [0.3, 0.4) is 0 Å². The second kappa shape index (κ2) is 8.11. The molecule has 7 heteroatoms. The van der Waals surface area contributed by atoms with Crippen molar-refractivity contribution in [1.29, 1.82) is 0 Å². The van der Waals surface area contributed by atoms with Crippen molar-refractivity contribution < 1.29 is 4.39 Å². The smallest absolute Gasteiger partial charge is 0.138 e. The molecule has 0 bridgehead atoms. The van der Waals surface area contributed by atoms with Crippen LogP contribution in [0.5, 0.6) is 0 Å². The van der Waals surface area contributed by atoms with Gasteiger partial charge in [0.25, 0.3) is 0 Å². The Bertz CT molecular complexity index is 560. The number of benzene rings is 1. The molecule has 0 aliphatic carbocycles. The van der Waals surface area contributed by atoms with Crippen LogP contribution < -0.4 is 11.3 Å². The van der Waals surface area contributed by atoms with E-state index < -0.39 is 0 Å². The summed E-state index contributed by atoms with van der Waals surface area (Å²) in [5.74, 6) is 7.04. The molecule has 1 aromatic carbocycles. The number of aryl methyl sites for hydroxylation is 1. The first kappa shape index (κ1) is 15.9. The summed E-state index contributed by atoms with van der Waals surface area (Å²) in [5, 5.41) is 4.20. The Kier molecular flexibility index (Phi) is 6.16. The Labute approximate surface area is 128 Å². The second-order valence-corrected chi connectivity index (χ2v) is 5.83. The molecule has 0 radical (unpaired) electrons. The maximum Gasteiger partial charge on any atom is 0.138 e. The molecule has 1 aromatic heterocycles. The van der Waals surface area contributed by atoms with Crippen molar-refractivity contribution in [3.8, 4) is 0 Å². The minimum Gasteiger partial charge on any atom is -0.271 e. The number of nitrogens with zero attached hydrogens (tertiary/aromatic N) is 3. The van der Waals surface area contributed by atoms with E-state index in [4.69, 9.17) is 5.84 Å². The normalized spacial score (nSPS) is 12.5. The summed E-state index contributed by atoms with van der Waals surface area (Å²) in [6.45, 7) is 2.95. The fourth-order valence-corrected chi connectivity index (χ4v) is 2.96. The fraction of sp³-hybridized carbons (Fsp3) is 0.429. The third-order valence-electron chi connectivity index (χ3n) is 3.04. The fourth-order valence-electron chi connectivity index (χ4n) is 1.98. The summed E-state index contributed by atoms with van der Waals surface area (Å²) in [4.78, 5) is 5.17. The molecule has 0 aliphatic rings. The van der Waals surface area contributed by atoms with Gasteiger partial charge in [-0.3, -0.25) is 16.0 Å². The first-order chi connectivity index (χ1) is 10.2. The second-order valence-electron chi connectivity index (χ2n) is 4.74. The van der Waals surface area contributed by atoms with Crippen molar-refractivity contribution in [3.63, 3.8) is 0 Å². The SMILES string of the molecule is CCCn1ncnc1CC(CSc1cccc(F)c1)NN. The number of thioether (sulfide) groups is 1. The van der Waals surface area contributed by atoms with Crippen LogP contribution in [0, 0.1) is 5.82 Å². The summed E-state index contributed by atoms with van der Waals surface area (Å²) < 4.78 is 15.0. The lowest BCUT2D eigenvalue weighted by atomic mass is 10.2. The standard InChI is InChI=1S/C14H20FN5S/c1-2-6-20-14(17-10-18-20)8-12(19-16)9-21-13-5-3-4-11(15)7-13/h3-5,7,10,12,19H,2,6,8-9,16H2,1H3. The van der Waals surface area contributed by atoms with E-state index in [-0.39, 0.29) is 11.9 Å². The van der Waals surface area contributed by atoms with Gasteiger partial charge in [-0.25, -0.2) is 9.37 Å². The Balaban J connectivity index is 1.92.